The Morgan fingerprint density at radius 3 is 2.79 bits per heavy atom. The number of hydrogen-bond acceptors (Lipinski definition) is 5. The van der Waals surface area contributed by atoms with E-state index in [2.05, 4.69) is 10.6 Å². The molecule has 0 atom stereocenters. The minimum atomic E-state index is -0.388. The molecule has 3 rings (SSSR count). The Morgan fingerprint density at radius 2 is 2.04 bits per heavy atom. The molecule has 2 N–H and O–H groups in total. The third kappa shape index (κ3) is 2.96. The van der Waals surface area contributed by atoms with Gasteiger partial charge in [0.2, 0.25) is 0 Å². The molecule has 7 nitrogen and oxygen atoms in total. The quantitative estimate of drug-likeness (QED) is 0.899. The molecule has 1 aliphatic heterocycles. The van der Waals surface area contributed by atoms with Gasteiger partial charge in [0.05, 0.1) is 31.2 Å². The van der Waals surface area contributed by atoms with Crippen LogP contribution in [-0.4, -0.2) is 32.6 Å². The molecule has 0 saturated heterocycles. The summed E-state index contributed by atoms with van der Waals surface area (Å²) in [6.07, 6.45) is 0. The monoisotopic (exact) mass is 328 g/mol. The lowest BCUT2D eigenvalue weighted by atomic mass is 10.1. The average molecular weight is 328 g/mol. The van der Waals surface area contributed by atoms with Crippen molar-refractivity contribution in [2.75, 3.05) is 31.5 Å². The molecule has 1 heterocycles. The van der Waals surface area contributed by atoms with Crippen LogP contribution in [0.1, 0.15) is 10.4 Å². The van der Waals surface area contributed by atoms with Gasteiger partial charge >= 0.3 is 0 Å². The molecule has 0 radical (unpaired) electrons. The lowest BCUT2D eigenvalue weighted by Crippen LogP contribution is -2.27. The van der Waals surface area contributed by atoms with E-state index in [0.29, 0.717) is 34.2 Å². The Balaban J connectivity index is 1.90. The molecule has 0 bridgehead atoms. The number of anilines is 2. The largest absolute Gasteiger partial charge is 0.497 e. The summed E-state index contributed by atoms with van der Waals surface area (Å²) in [5.41, 5.74) is 1.15. The van der Waals surface area contributed by atoms with Crippen molar-refractivity contribution in [3.63, 3.8) is 0 Å². The van der Waals surface area contributed by atoms with Crippen LogP contribution in [0.15, 0.2) is 36.4 Å². The van der Waals surface area contributed by atoms with Crippen LogP contribution in [-0.2, 0) is 4.79 Å². The van der Waals surface area contributed by atoms with Gasteiger partial charge in [0, 0.05) is 6.07 Å². The van der Waals surface area contributed by atoms with E-state index in [1.54, 1.807) is 43.5 Å². The summed E-state index contributed by atoms with van der Waals surface area (Å²) in [6.45, 7) is -0.0651. The lowest BCUT2D eigenvalue weighted by molar-refractivity contribution is -0.118. The molecule has 0 aromatic heterocycles. The zero-order valence-corrected chi connectivity index (χ0v) is 13.2. The number of para-hydroxylation sites is 1. The molecule has 0 unspecified atom stereocenters. The van der Waals surface area contributed by atoms with Gasteiger partial charge in [-0.05, 0) is 24.3 Å². The predicted molar refractivity (Wildman–Crippen MR) is 88.1 cm³/mol. The number of nitrogens with one attached hydrogen (secondary N) is 2. The van der Waals surface area contributed by atoms with E-state index in [4.69, 9.17) is 14.2 Å². The molecule has 2 amide bonds. The first-order valence-electron chi connectivity index (χ1n) is 7.21. The molecule has 1 aliphatic rings. The molecule has 124 valence electrons. The van der Waals surface area contributed by atoms with Crippen molar-refractivity contribution in [1.29, 1.82) is 0 Å². The SMILES string of the molecule is COc1ccc(NC(=O)c2cccc3c2NC(=O)CO3)c(OC)c1. The fourth-order valence-electron chi connectivity index (χ4n) is 2.38. The number of carbonyl (C=O) groups is 2. The summed E-state index contributed by atoms with van der Waals surface area (Å²) >= 11 is 0. The number of fused-ring (bicyclic) bond motifs is 1. The second kappa shape index (κ2) is 6.49. The Morgan fingerprint density at radius 1 is 1.21 bits per heavy atom. The molecular weight excluding hydrogens is 312 g/mol. The van der Waals surface area contributed by atoms with Gasteiger partial charge in [-0.1, -0.05) is 6.07 Å². The number of amides is 2. The Kier molecular flexibility index (Phi) is 4.24. The number of ether oxygens (including phenoxy) is 3. The van der Waals surface area contributed by atoms with E-state index >= 15 is 0 Å². The molecule has 24 heavy (non-hydrogen) atoms. The van der Waals surface area contributed by atoms with Gasteiger partial charge in [-0.15, -0.1) is 0 Å². The van der Waals surface area contributed by atoms with Gasteiger partial charge in [-0.3, -0.25) is 9.59 Å². The second-order valence-electron chi connectivity index (χ2n) is 5.04. The first-order valence-corrected chi connectivity index (χ1v) is 7.21. The van der Waals surface area contributed by atoms with Crippen LogP contribution in [0.5, 0.6) is 17.2 Å². The summed E-state index contributed by atoms with van der Waals surface area (Å²) in [5, 5.41) is 5.43. The third-order valence-electron chi connectivity index (χ3n) is 3.55. The minimum Gasteiger partial charge on any atom is -0.497 e. The number of hydrogen-bond donors (Lipinski definition) is 2. The van der Waals surface area contributed by atoms with E-state index in [-0.39, 0.29) is 18.4 Å². The predicted octanol–water partition coefficient (Wildman–Crippen LogP) is 2.29. The Labute approximate surface area is 138 Å². The van der Waals surface area contributed by atoms with Gasteiger partial charge in [0.25, 0.3) is 11.8 Å². The number of carbonyl (C=O) groups excluding carboxylic acids is 2. The molecule has 0 aliphatic carbocycles. The fourth-order valence-corrected chi connectivity index (χ4v) is 2.38. The summed E-state index contributed by atoms with van der Waals surface area (Å²) in [4.78, 5) is 24.1. The van der Waals surface area contributed by atoms with E-state index in [1.807, 2.05) is 0 Å². The standard InChI is InChI=1S/C17H16N2O5/c1-22-10-6-7-12(14(8-10)23-2)18-17(21)11-4-3-5-13-16(11)19-15(20)9-24-13/h3-8H,9H2,1-2H3,(H,18,21)(H,19,20). The van der Waals surface area contributed by atoms with Crippen LogP contribution in [0.2, 0.25) is 0 Å². The average Bonchev–Trinajstić information content (AvgIpc) is 2.61. The fraction of sp³-hybridized carbons (Fsp3) is 0.176. The zero-order valence-electron chi connectivity index (χ0n) is 13.2. The van der Waals surface area contributed by atoms with E-state index in [1.165, 1.54) is 7.11 Å². The van der Waals surface area contributed by atoms with Crippen LogP contribution in [0.4, 0.5) is 11.4 Å². The molecule has 0 spiro atoms. The molecule has 2 aromatic rings. The van der Waals surface area contributed by atoms with Gasteiger partial charge in [0.15, 0.2) is 6.61 Å². The Bertz CT molecular complexity index is 804. The van der Waals surface area contributed by atoms with E-state index in [9.17, 15) is 9.59 Å². The second-order valence-corrected chi connectivity index (χ2v) is 5.04. The number of methoxy groups -OCH3 is 2. The Hall–Kier alpha value is -3.22. The van der Waals surface area contributed by atoms with Gasteiger partial charge in [-0.2, -0.15) is 0 Å². The summed E-state index contributed by atoms with van der Waals surface area (Å²) in [6, 6.07) is 10.1. The van der Waals surface area contributed by atoms with Gasteiger partial charge in [-0.25, -0.2) is 0 Å². The van der Waals surface area contributed by atoms with Crippen molar-refractivity contribution in [3.05, 3.63) is 42.0 Å². The van der Waals surface area contributed by atoms with Crippen molar-refractivity contribution in [1.82, 2.24) is 0 Å². The number of benzene rings is 2. The zero-order chi connectivity index (χ0) is 17.1. The highest BCUT2D eigenvalue weighted by Crippen LogP contribution is 2.33. The van der Waals surface area contributed by atoms with E-state index < -0.39 is 0 Å². The summed E-state index contributed by atoms with van der Waals surface area (Å²) in [5.74, 6) is 0.852. The highest BCUT2D eigenvalue weighted by Gasteiger charge is 2.23. The third-order valence-corrected chi connectivity index (χ3v) is 3.55. The van der Waals surface area contributed by atoms with Gasteiger partial charge < -0.3 is 24.8 Å². The van der Waals surface area contributed by atoms with Crippen molar-refractivity contribution in [3.8, 4) is 17.2 Å². The molecule has 0 fully saturated rings. The first-order chi connectivity index (χ1) is 11.6. The van der Waals surface area contributed by atoms with Gasteiger partial charge in [0.1, 0.15) is 17.2 Å². The van der Waals surface area contributed by atoms with Crippen LogP contribution < -0.4 is 24.8 Å². The highest BCUT2D eigenvalue weighted by atomic mass is 16.5. The smallest absolute Gasteiger partial charge is 0.262 e. The molecule has 0 saturated carbocycles. The molecule has 2 aromatic carbocycles. The van der Waals surface area contributed by atoms with Crippen molar-refractivity contribution in [2.24, 2.45) is 0 Å². The van der Waals surface area contributed by atoms with Crippen molar-refractivity contribution >= 4 is 23.2 Å². The highest BCUT2D eigenvalue weighted by molar-refractivity contribution is 6.12. The molecule has 7 heteroatoms. The summed E-state index contributed by atoms with van der Waals surface area (Å²) < 4.78 is 15.7. The van der Waals surface area contributed by atoms with Crippen molar-refractivity contribution in [2.45, 2.75) is 0 Å². The van der Waals surface area contributed by atoms with Crippen LogP contribution in [0, 0.1) is 0 Å². The van der Waals surface area contributed by atoms with Crippen LogP contribution in [0.3, 0.4) is 0 Å². The first kappa shape index (κ1) is 15.7. The maximum atomic E-state index is 12.6. The van der Waals surface area contributed by atoms with Crippen LogP contribution >= 0.6 is 0 Å². The maximum absolute atomic E-state index is 12.6. The maximum Gasteiger partial charge on any atom is 0.262 e. The topological polar surface area (TPSA) is 85.9 Å². The number of rotatable bonds is 4. The normalized spacial score (nSPS) is 12.5. The lowest BCUT2D eigenvalue weighted by Gasteiger charge is -2.20. The minimum absolute atomic E-state index is 0.0651. The summed E-state index contributed by atoms with van der Waals surface area (Å²) in [7, 11) is 3.05. The van der Waals surface area contributed by atoms with Crippen molar-refractivity contribution < 1.29 is 23.8 Å². The van der Waals surface area contributed by atoms with E-state index in [0.717, 1.165) is 0 Å². The molecular formula is C17H16N2O5. The van der Waals surface area contributed by atoms with Crippen LogP contribution in [0.25, 0.3) is 0 Å².